The van der Waals surface area contributed by atoms with Crippen LogP contribution >= 0.6 is 11.3 Å². The van der Waals surface area contributed by atoms with Crippen LogP contribution in [0, 0.1) is 0 Å². The van der Waals surface area contributed by atoms with Crippen molar-refractivity contribution in [2.45, 2.75) is 0 Å². The van der Waals surface area contributed by atoms with Gasteiger partial charge in [0.2, 0.25) is 5.95 Å². The Balaban J connectivity index is 1.19. The Kier molecular flexibility index (Phi) is 6.62. The van der Waals surface area contributed by atoms with Crippen molar-refractivity contribution in [2.24, 2.45) is 0 Å². The highest BCUT2D eigenvalue weighted by molar-refractivity contribution is 7.26. The zero-order chi connectivity index (χ0) is 34.9. The van der Waals surface area contributed by atoms with Crippen molar-refractivity contribution in [1.29, 1.82) is 0 Å². The molecule has 0 unspecified atom stereocenters. The third kappa shape index (κ3) is 4.64. The third-order valence-corrected chi connectivity index (χ3v) is 11.2. The minimum absolute atomic E-state index is 0.587. The fourth-order valence-corrected chi connectivity index (χ4v) is 8.86. The van der Waals surface area contributed by atoms with E-state index in [1.165, 1.54) is 15.5 Å². The molecule has 1 aliphatic rings. The number of hydrogen-bond donors (Lipinski definition) is 0. The third-order valence-electron chi connectivity index (χ3n) is 10.0. The number of aromatic nitrogens is 5. The molecule has 0 aliphatic carbocycles. The van der Waals surface area contributed by atoms with Gasteiger partial charge in [-0.15, -0.1) is 11.3 Å². The van der Waals surface area contributed by atoms with Crippen LogP contribution in [0.2, 0.25) is 0 Å². The number of thiophene rings is 1. The maximum atomic E-state index is 5.33. The summed E-state index contributed by atoms with van der Waals surface area (Å²) in [6.45, 7) is 0. The molecule has 0 N–H and O–H groups in total. The summed E-state index contributed by atoms with van der Waals surface area (Å²) in [5, 5.41) is 2.44. The largest absolute Gasteiger partial charge is 0.279 e. The van der Waals surface area contributed by atoms with E-state index in [4.69, 9.17) is 19.9 Å². The van der Waals surface area contributed by atoms with E-state index in [1.54, 1.807) is 11.3 Å². The van der Waals surface area contributed by atoms with Crippen LogP contribution in [0.15, 0.2) is 170 Å². The molecule has 10 aromatic rings. The fourth-order valence-electron chi connectivity index (χ4n) is 7.65. The lowest BCUT2D eigenvalue weighted by atomic mass is 10.0. The molecule has 6 nitrogen and oxygen atoms in total. The van der Waals surface area contributed by atoms with Crippen molar-refractivity contribution >= 4 is 59.9 Å². The lowest BCUT2D eigenvalue weighted by molar-refractivity contribution is 1.04. The Labute approximate surface area is 309 Å². The van der Waals surface area contributed by atoms with E-state index in [2.05, 4.69) is 155 Å². The molecular weight excluding hydrogens is 669 g/mol. The molecular formula is C46H28N6S. The van der Waals surface area contributed by atoms with Gasteiger partial charge in [-0.05, 0) is 48.5 Å². The van der Waals surface area contributed by atoms with Gasteiger partial charge < -0.3 is 0 Å². The molecule has 7 aromatic carbocycles. The SMILES string of the molecule is c1ccc(-c2nc(-c3ccccc3N3c4ccccc4-c4ccccc4-n4c3nc3ccccc34)nc(-c3cccc4c3sc3ccccc34)n2)cc1. The number of fused-ring (bicyclic) bond motifs is 10. The summed E-state index contributed by atoms with van der Waals surface area (Å²) >= 11 is 1.78. The molecule has 0 bridgehead atoms. The first-order valence-electron chi connectivity index (χ1n) is 17.6. The Morgan fingerprint density at radius 2 is 0.962 bits per heavy atom. The average Bonchev–Trinajstić information content (AvgIpc) is 3.77. The van der Waals surface area contributed by atoms with Crippen LogP contribution in [-0.2, 0) is 0 Å². The Hall–Kier alpha value is -6.96. The minimum Gasteiger partial charge on any atom is -0.279 e. The normalized spacial score (nSPS) is 12.1. The van der Waals surface area contributed by atoms with Crippen LogP contribution in [0.4, 0.5) is 17.3 Å². The van der Waals surface area contributed by atoms with Crippen molar-refractivity contribution in [2.75, 3.05) is 4.90 Å². The van der Waals surface area contributed by atoms with E-state index in [1.807, 2.05) is 24.3 Å². The average molecular weight is 697 g/mol. The van der Waals surface area contributed by atoms with Gasteiger partial charge in [0.1, 0.15) is 0 Å². The first-order valence-corrected chi connectivity index (χ1v) is 18.4. The number of hydrogen-bond acceptors (Lipinski definition) is 6. The second-order valence-electron chi connectivity index (χ2n) is 13.1. The van der Waals surface area contributed by atoms with Gasteiger partial charge in [-0.3, -0.25) is 9.47 Å². The topological polar surface area (TPSA) is 59.7 Å². The second-order valence-corrected chi connectivity index (χ2v) is 14.1. The number of rotatable bonds is 4. The van der Waals surface area contributed by atoms with E-state index >= 15 is 0 Å². The van der Waals surface area contributed by atoms with Gasteiger partial charge in [0.15, 0.2) is 17.5 Å². The zero-order valence-corrected chi connectivity index (χ0v) is 29.1. The quantitative estimate of drug-likeness (QED) is 0.183. The minimum atomic E-state index is 0.587. The van der Waals surface area contributed by atoms with Gasteiger partial charge in [0, 0.05) is 48.0 Å². The van der Waals surface area contributed by atoms with Crippen LogP contribution < -0.4 is 4.90 Å². The van der Waals surface area contributed by atoms with Crippen molar-refractivity contribution in [1.82, 2.24) is 24.5 Å². The zero-order valence-electron chi connectivity index (χ0n) is 28.3. The van der Waals surface area contributed by atoms with Crippen LogP contribution in [0.3, 0.4) is 0 Å². The predicted molar refractivity (Wildman–Crippen MR) is 217 cm³/mol. The van der Waals surface area contributed by atoms with Gasteiger partial charge in [0.25, 0.3) is 0 Å². The van der Waals surface area contributed by atoms with Crippen molar-refractivity contribution in [3.8, 4) is 51.0 Å². The maximum Gasteiger partial charge on any atom is 0.220 e. The summed E-state index contributed by atoms with van der Waals surface area (Å²) in [6, 6.07) is 59.0. The van der Waals surface area contributed by atoms with Crippen LogP contribution in [0.25, 0.3) is 82.2 Å². The summed E-state index contributed by atoms with van der Waals surface area (Å²) < 4.78 is 4.67. The highest BCUT2D eigenvalue weighted by Gasteiger charge is 2.31. The number of anilines is 3. The Bertz CT molecular complexity index is 3040. The Morgan fingerprint density at radius 1 is 0.396 bits per heavy atom. The van der Waals surface area contributed by atoms with Gasteiger partial charge in [0.05, 0.1) is 28.1 Å². The van der Waals surface area contributed by atoms with E-state index in [0.717, 1.165) is 66.6 Å². The molecule has 0 atom stereocenters. The summed E-state index contributed by atoms with van der Waals surface area (Å²) in [5.74, 6) is 2.64. The highest BCUT2D eigenvalue weighted by Crippen LogP contribution is 2.49. The van der Waals surface area contributed by atoms with Gasteiger partial charge in [-0.1, -0.05) is 121 Å². The molecule has 0 saturated carbocycles. The number of para-hydroxylation sites is 5. The second kappa shape index (κ2) is 11.8. The molecule has 7 heteroatoms. The van der Waals surface area contributed by atoms with Crippen LogP contribution in [0.1, 0.15) is 0 Å². The van der Waals surface area contributed by atoms with Crippen LogP contribution in [0.5, 0.6) is 0 Å². The predicted octanol–water partition coefficient (Wildman–Crippen LogP) is 12.0. The monoisotopic (exact) mass is 696 g/mol. The van der Waals surface area contributed by atoms with Crippen molar-refractivity contribution in [3.05, 3.63) is 170 Å². The highest BCUT2D eigenvalue weighted by atomic mass is 32.1. The fraction of sp³-hybridized carbons (Fsp3) is 0. The molecule has 0 fully saturated rings. The summed E-state index contributed by atoms with van der Waals surface area (Å²) in [5.41, 5.74) is 10.0. The van der Waals surface area contributed by atoms with E-state index < -0.39 is 0 Å². The van der Waals surface area contributed by atoms with Gasteiger partial charge >= 0.3 is 0 Å². The molecule has 0 saturated heterocycles. The standard InChI is InChI=1S/C46H28N6S/c1-2-15-29(16-3-1)43-48-44(50-45(49-43)35-22-14-21-33-32-19-7-13-28-41(32)53-42(33)35)34-20-6-11-26-39(34)51-37-24-9-4-17-30(37)31-18-5-10-25-38(31)52-40-27-12-8-23-36(40)47-46(51)52/h1-28H. The molecule has 0 spiro atoms. The van der Waals surface area contributed by atoms with E-state index in [9.17, 15) is 0 Å². The summed E-state index contributed by atoms with van der Waals surface area (Å²) in [6.07, 6.45) is 0. The van der Waals surface area contributed by atoms with Crippen molar-refractivity contribution < 1.29 is 0 Å². The Morgan fingerprint density at radius 3 is 1.79 bits per heavy atom. The van der Waals surface area contributed by atoms with Crippen LogP contribution in [-0.4, -0.2) is 24.5 Å². The molecule has 248 valence electrons. The molecule has 53 heavy (non-hydrogen) atoms. The summed E-state index contributed by atoms with van der Waals surface area (Å²) in [7, 11) is 0. The van der Waals surface area contributed by atoms with E-state index in [0.29, 0.717) is 17.5 Å². The molecule has 4 heterocycles. The molecule has 11 rings (SSSR count). The molecule has 3 aromatic heterocycles. The lowest BCUT2D eigenvalue weighted by Crippen LogP contribution is -2.15. The maximum absolute atomic E-state index is 5.33. The van der Waals surface area contributed by atoms with E-state index in [-0.39, 0.29) is 0 Å². The summed E-state index contributed by atoms with van der Waals surface area (Å²) in [4.78, 5) is 23.3. The number of nitrogens with zero attached hydrogens (tertiary/aromatic N) is 6. The van der Waals surface area contributed by atoms with Gasteiger partial charge in [-0.2, -0.15) is 0 Å². The first-order chi connectivity index (χ1) is 26.3. The first kappa shape index (κ1) is 29.7. The number of imidazole rings is 1. The number of benzene rings is 7. The van der Waals surface area contributed by atoms with Gasteiger partial charge in [-0.25, -0.2) is 19.9 Å². The molecule has 0 radical (unpaired) electrons. The molecule has 1 aliphatic heterocycles. The lowest BCUT2D eigenvalue weighted by Gasteiger charge is -2.26. The van der Waals surface area contributed by atoms with Crippen molar-refractivity contribution in [3.63, 3.8) is 0 Å². The smallest absolute Gasteiger partial charge is 0.220 e. The molecule has 0 amide bonds.